The number of anilines is 1. The molecule has 5 N–H and O–H groups in total. The number of aliphatic carboxylic acids is 1. The Morgan fingerprint density at radius 3 is 2.40 bits per heavy atom. The van der Waals surface area contributed by atoms with Gasteiger partial charge in [-0.3, -0.25) is 9.59 Å². The molecule has 6 nitrogen and oxygen atoms in total. The van der Waals surface area contributed by atoms with E-state index < -0.39 is 18.1 Å². The van der Waals surface area contributed by atoms with Crippen LogP contribution >= 0.6 is 0 Å². The average Bonchev–Trinajstić information content (AvgIpc) is 2.44. The minimum atomic E-state index is -0.940. The quantitative estimate of drug-likeness (QED) is 0.600. The summed E-state index contributed by atoms with van der Waals surface area (Å²) in [6.07, 6.45) is -0.414. The van der Waals surface area contributed by atoms with Crippen molar-refractivity contribution in [3.8, 4) is 0 Å². The molecule has 1 rings (SSSR count). The van der Waals surface area contributed by atoms with Gasteiger partial charge >= 0.3 is 5.97 Å². The summed E-state index contributed by atoms with van der Waals surface area (Å²) in [6, 6.07) is 6.04. The topological polar surface area (TPSA) is 113 Å². The molecule has 1 aromatic rings. The van der Waals surface area contributed by atoms with Crippen molar-refractivity contribution >= 4 is 17.6 Å². The van der Waals surface area contributed by atoms with Crippen LogP contribution in [-0.4, -0.2) is 28.1 Å². The molecular formula is C14H20N2O4. The molecule has 1 aromatic carbocycles. The molecule has 0 spiro atoms. The van der Waals surface area contributed by atoms with Crippen LogP contribution in [0.3, 0.4) is 0 Å². The number of carbonyl (C=O) groups is 2. The molecule has 0 bridgehead atoms. The first kappa shape index (κ1) is 16.1. The molecule has 110 valence electrons. The van der Waals surface area contributed by atoms with E-state index >= 15 is 0 Å². The molecule has 0 fully saturated rings. The molecule has 6 heteroatoms. The molecule has 0 saturated heterocycles. The van der Waals surface area contributed by atoms with Gasteiger partial charge < -0.3 is 21.3 Å². The van der Waals surface area contributed by atoms with E-state index in [1.165, 1.54) is 0 Å². The van der Waals surface area contributed by atoms with Crippen LogP contribution in [0.4, 0.5) is 5.69 Å². The zero-order valence-corrected chi connectivity index (χ0v) is 11.4. The molecule has 1 amide bonds. The van der Waals surface area contributed by atoms with Gasteiger partial charge in [-0.1, -0.05) is 19.1 Å². The number of hydrogen-bond donors (Lipinski definition) is 4. The second-order valence-electron chi connectivity index (χ2n) is 4.56. The van der Waals surface area contributed by atoms with Crippen LogP contribution in [0.15, 0.2) is 24.3 Å². The third-order valence-electron chi connectivity index (χ3n) is 2.95. The highest BCUT2D eigenvalue weighted by molar-refractivity contribution is 5.90. The van der Waals surface area contributed by atoms with Gasteiger partial charge in [-0.2, -0.15) is 0 Å². The van der Waals surface area contributed by atoms with Crippen LogP contribution < -0.4 is 11.1 Å². The van der Waals surface area contributed by atoms with E-state index in [1.807, 2.05) is 0 Å². The van der Waals surface area contributed by atoms with Gasteiger partial charge in [0.05, 0.1) is 6.10 Å². The molecule has 0 aliphatic rings. The predicted molar refractivity (Wildman–Crippen MR) is 75.2 cm³/mol. The first-order valence-electron chi connectivity index (χ1n) is 6.49. The second kappa shape index (κ2) is 7.62. The number of aliphatic hydroxyl groups excluding tert-OH is 1. The van der Waals surface area contributed by atoms with Crippen LogP contribution in [0.25, 0.3) is 0 Å². The predicted octanol–water partition coefficient (Wildman–Crippen LogP) is 1.26. The van der Waals surface area contributed by atoms with E-state index in [0.717, 1.165) is 0 Å². The monoisotopic (exact) mass is 280 g/mol. The minimum absolute atomic E-state index is 0.0805. The van der Waals surface area contributed by atoms with Crippen molar-refractivity contribution in [2.45, 2.75) is 38.3 Å². The third-order valence-corrected chi connectivity index (χ3v) is 2.95. The van der Waals surface area contributed by atoms with E-state index in [2.05, 4.69) is 5.32 Å². The molecule has 2 unspecified atom stereocenters. The summed E-state index contributed by atoms with van der Waals surface area (Å²) in [4.78, 5) is 21.7. The summed E-state index contributed by atoms with van der Waals surface area (Å²) in [7, 11) is 0. The van der Waals surface area contributed by atoms with Crippen LogP contribution in [0.1, 0.15) is 37.9 Å². The zero-order chi connectivity index (χ0) is 15.1. The number of rotatable bonds is 7. The number of carbonyl (C=O) groups excluding carboxylic acids is 1. The van der Waals surface area contributed by atoms with Gasteiger partial charge in [0.1, 0.15) is 0 Å². The maximum atomic E-state index is 11.2. The van der Waals surface area contributed by atoms with Crippen LogP contribution in [0.5, 0.6) is 0 Å². The van der Waals surface area contributed by atoms with E-state index in [4.69, 9.17) is 10.8 Å². The molecule has 20 heavy (non-hydrogen) atoms. The fourth-order valence-electron chi connectivity index (χ4n) is 1.71. The van der Waals surface area contributed by atoms with Gasteiger partial charge in [0.25, 0.3) is 0 Å². The van der Waals surface area contributed by atoms with Gasteiger partial charge in [0, 0.05) is 24.6 Å². The van der Waals surface area contributed by atoms with Gasteiger partial charge in [-0.05, 0) is 24.1 Å². The first-order chi connectivity index (χ1) is 9.43. The van der Waals surface area contributed by atoms with Crippen molar-refractivity contribution in [2.75, 3.05) is 5.32 Å². The van der Waals surface area contributed by atoms with Gasteiger partial charge in [0.2, 0.25) is 5.91 Å². The lowest BCUT2D eigenvalue weighted by Gasteiger charge is -2.18. The summed E-state index contributed by atoms with van der Waals surface area (Å²) in [5.41, 5.74) is 6.99. The van der Waals surface area contributed by atoms with E-state index in [9.17, 15) is 14.7 Å². The molecule has 2 atom stereocenters. The highest BCUT2D eigenvalue weighted by atomic mass is 16.4. The Morgan fingerprint density at radius 2 is 1.90 bits per heavy atom. The molecule has 0 aliphatic carbocycles. The number of nitrogens with one attached hydrogen (secondary N) is 1. The lowest BCUT2D eigenvalue weighted by Crippen LogP contribution is -2.29. The Kier molecular flexibility index (Phi) is 6.14. The standard InChI is InChI=1S/C14H20N2O4/c1-2-12(17)16-10-5-3-9(4-6-10)14(20)11(15)7-8-13(18)19/h3-6,11,14,20H,2,7-8,15H2,1H3,(H,16,17)(H,18,19). The van der Waals surface area contributed by atoms with E-state index in [-0.39, 0.29) is 18.7 Å². The lowest BCUT2D eigenvalue weighted by molar-refractivity contribution is -0.137. The Balaban J connectivity index is 2.62. The molecule has 0 aliphatic heterocycles. The van der Waals surface area contributed by atoms with Gasteiger partial charge in [-0.15, -0.1) is 0 Å². The fourth-order valence-corrected chi connectivity index (χ4v) is 1.71. The number of aliphatic hydroxyl groups is 1. The van der Waals surface area contributed by atoms with Crippen molar-refractivity contribution < 1.29 is 19.8 Å². The number of carboxylic acid groups (broad SMARTS) is 1. The van der Waals surface area contributed by atoms with E-state index in [1.54, 1.807) is 31.2 Å². The van der Waals surface area contributed by atoms with Crippen molar-refractivity contribution in [3.05, 3.63) is 29.8 Å². The Hall–Kier alpha value is -1.92. The first-order valence-corrected chi connectivity index (χ1v) is 6.49. The Labute approximate surface area is 117 Å². The average molecular weight is 280 g/mol. The number of nitrogens with two attached hydrogens (primary N) is 1. The summed E-state index contributed by atoms with van der Waals surface area (Å²) in [5.74, 6) is -1.03. The maximum absolute atomic E-state index is 11.2. The Morgan fingerprint density at radius 1 is 1.30 bits per heavy atom. The van der Waals surface area contributed by atoms with Crippen LogP contribution in [0.2, 0.25) is 0 Å². The highest BCUT2D eigenvalue weighted by Gasteiger charge is 2.17. The van der Waals surface area contributed by atoms with E-state index in [0.29, 0.717) is 17.7 Å². The van der Waals surface area contributed by atoms with Crippen molar-refractivity contribution in [1.29, 1.82) is 0 Å². The number of benzene rings is 1. The second-order valence-corrected chi connectivity index (χ2v) is 4.56. The summed E-state index contributed by atoms with van der Waals surface area (Å²) < 4.78 is 0. The summed E-state index contributed by atoms with van der Waals surface area (Å²) >= 11 is 0. The van der Waals surface area contributed by atoms with Gasteiger partial charge in [0.15, 0.2) is 0 Å². The van der Waals surface area contributed by atoms with Gasteiger partial charge in [-0.25, -0.2) is 0 Å². The largest absolute Gasteiger partial charge is 0.481 e. The summed E-state index contributed by atoms with van der Waals surface area (Å²) in [6.45, 7) is 1.76. The molecule has 0 radical (unpaired) electrons. The van der Waals surface area contributed by atoms with Crippen molar-refractivity contribution in [3.63, 3.8) is 0 Å². The van der Waals surface area contributed by atoms with Crippen LogP contribution in [0, 0.1) is 0 Å². The normalized spacial score (nSPS) is 13.6. The van der Waals surface area contributed by atoms with Crippen molar-refractivity contribution in [2.24, 2.45) is 5.73 Å². The zero-order valence-electron chi connectivity index (χ0n) is 11.4. The van der Waals surface area contributed by atoms with Crippen molar-refractivity contribution in [1.82, 2.24) is 0 Å². The molecule has 0 aromatic heterocycles. The summed E-state index contributed by atoms with van der Waals surface area (Å²) in [5, 5.41) is 21.3. The third kappa shape index (κ3) is 4.99. The molecule has 0 saturated carbocycles. The van der Waals surface area contributed by atoms with Crippen LogP contribution in [-0.2, 0) is 9.59 Å². The lowest BCUT2D eigenvalue weighted by atomic mass is 9.99. The minimum Gasteiger partial charge on any atom is -0.481 e. The Bertz CT molecular complexity index is 459. The number of carboxylic acids is 1. The fraction of sp³-hybridized carbons (Fsp3) is 0.429. The molecule has 0 heterocycles. The number of hydrogen-bond acceptors (Lipinski definition) is 4. The maximum Gasteiger partial charge on any atom is 0.303 e. The SMILES string of the molecule is CCC(=O)Nc1ccc(C(O)C(N)CCC(=O)O)cc1. The highest BCUT2D eigenvalue weighted by Crippen LogP contribution is 2.20. The molecular weight excluding hydrogens is 260 g/mol. The number of amides is 1. The smallest absolute Gasteiger partial charge is 0.303 e.